The first-order valence-electron chi connectivity index (χ1n) is 8.75. The molecule has 7 heteroatoms. The maximum Gasteiger partial charge on any atom is 0.270 e. The van der Waals surface area contributed by atoms with Crippen molar-refractivity contribution in [3.63, 3.8) is 0 Å². The van der Waals surface area contributed by atoms with E-state index in [0.29, 0.717) is 29.5 Å². The predicted molar refractivity (Wildman–Crippen MR) is 109 cm³/mol. The molecule has 1 aromatic heterocycles. The molecule has 2 aromatic carbocycles. The standard InChI is InChI=1S/C21H19ClN4O2/c1-14(27)16-4-8-18(9-5-16)25-21-24-13-11-19(26-21)20(28)23-12-10-15-2-6-17(22)7-3-15/h2-9,11,13H,10,12H2,1H3,(H,23,28)(H,24,25,26). The minimum Gasteiger partial charge on any atom is -0.350 e. The minimum atomic E-state index is -0.272. The second-order valence-electron chi connectivity index (χ2n) is 6.16. The Morgan fingerprint density at radius 2 is 1.71 bits per heavy atom. The summed E-state index contributed by atoms with van der Waals surface area (Å²) in [5.74, 6) is 0.0346. The van der Waals surface area contributed by atoms with Crippen LogP contribution in [0.4, 0.5) is 11.6 Å². The van der Waals surface area contributed by atoms with Crippen molar-refractivity contribution in [1.29, 1.82) is 0 Å². The zero-order valence-electron chi connectivity index (χ0n) is 15.3. The van der Waals surface area contributed by atoms with Crippen LogP contribution in [0, 0.1) is 0 Å². The molecule has 0 spiro atoms. The third kappa shape index (κ3) is 5.37. The van der Waals surface area contributed by atoms with E-state index < -0.39 is 0 Å². The molecular weight excluding hydrogens is 376 g/mol. The number of anilines is 2. The van der Waals surface area contributed by atoms with Gasteiger partial charge in [0.15, 0.2) is 5.78 Å². The van der Waals surface area contributed by atoms with Crippen molar-refractivity contribution >= 4 is 34.9 Å². The molecule has 0 aliphatic heterocycles. The normalized spacial score (nSPS) is 10.4. The van der Waals surface area contributed by atoms with Crippen LogP contribution in [0.25, 0.3) is 0 Å². The quantitative estimate of drug-likeness (QED) is 0.590. The summed E-state index contributed by atoms with van der Waals surface area (Å²) >= 11 is 5.87. The number of nitrogens with zero attached hydrogens (tertiary/aromatic N) is 2. The van der Waals surface area contributed by atoms with Crippen molar-refractivity contribution in [2.24, 2.45) is 0 Å². The molecule has 0 aliphatic carbocycles. The van der Waals surface area contributed by atoms with E-state index in [1.807, 2.05) is 24.3 Å². The van der Waals surface area contributed by atoms with Crippen molar-refractivity contribution < 1.29 is 9.59 Å². The molecule has 0 fully saturated rings. The Labute approximate surface area is 168 Å². The number of aromatic nitrogens is 2. The molecule has 0 bridgehead atoms. The van der Waals surface area contributed by atoms with Crippen molar-refractivity contribution in [1.82, 2.24) is 15.3 Å². The van der Waals surface area contributed by atoms with E-state index in [0.717, 1.165) is 11.3 Å². The first-order valence-corrected chi connectivity index (χ1v) is 9.13. The average Bonchev–Trinajstić information content (AvgIpc) is 2.70. The van der Waals surface area contributed by atoms with Gasteiger partial charge < -0.3 is 10.6 Å². The predicted octanol–water partition coefficient (Wildman–Crippen LogP) is 4.05. The average molecular weight is 395 g/mol. The van der Waals surface area contributed by atoms with Crippen LogP contribution in [0.1, 0.15) is 33.3 Å². The lowest BCUT2D eigenvalue weighted by Gasteiger charge is -2.08. The number of benzene rings is 2. The number of Topliss-reactive ketones (excluding diaryl/α,β-unsaturated/α-hetero) is 1. The summed E-state index contributed by atoms with van der Waals surface area (Å²) in [6.07, 6.45) is 2.22. The van der Waals surface area contributed by atoms with E-state index in [-0.39, 0.29) is 17.4 Å². The van der Waals surface area contributed by atoms with Gasteiger partial charge in [-0.1, -0.05) is 23.7 Å². The van der Waals surface area contributed by atoms with Crippen LogP contribution >= 0.6 is 11.6 Å². The summed E-state index contributed by atoms with van der Waals surface area (Å²) in [4.78, 5) is 32.0. The van der Waals surface area contributed by atoms with Crippen molar-refractivity contribution in [3.05, 3.63) is 82.6 Å². The van der Waals surface area contributed by atoms with Gasteiger partial charge in [0.2, 0.25) is 5.95 Å². The molecule has 0 atom stereocenters. The maximum absolute atomic E-state index is 12.3. The lowest BCUT2D eigenvalue weighted by Crippen LogP contribution is -2.26. The fourth-order valence-corrected chi connectivity index (χ4v) is 2.65. The molecule has 2 N–H and O–H groups in total. The van der Waals surface area contributed by atoms with Gasteiger partial charge in [-0.2, -0.15) is 0 Å². The third-order valence-corrected chi connectivity index (χ3v) is 4.30. The molecule has 28 heavy (non-hydrogen) atoms. The van der Waals surface area contributed by atoms with Crippen LogP contribution in [0.3, 0.4) is 0 Å². The zero-order chi connectivity index (χ0) is 19.9. The fraction of sp³-hybridized carbons (Fsp3) is 0.143. The van der Waals surface area contributed by atoms with Gasteiger partial charge in [0.1, 0.15) is 5.69 Å². The van der Waals surface area contributed by atoms with Gasteiger partial charge >= 0.3 is 0 Å². The summed E-state index contributed by atoms with van der Waals surface area (Å²) < 4.78 is 0. The van der Waals surface area contributed by atoms with E-state index in [9.17, 15) is 9.59 Å². The SMILES string of the molecule is CC(=O)c1ccc(Nc2nccc(C(=O)NCCc3ccc(Cl)cc3)n2)cc1. The van der Waals surface area contributed by atoms with Crippen molar-refractivity contribution in [2.75, 3.05) is 11.9 Å². The highest BCUT2D eigenvalue weighted by atomic mass is 35.5. The molecule has 1 heterocycles. The number of amides is 1. The Morgan fingerprint density at radius 1 is 1.00 bits per heavy atom. The molecule has 0 unspecified atom stereocenters. The molecule has 1 amide bonds. The Hall–Kier alpha value is -3.25. The Balaban J connectivity index is 1.58. The monoisotopic (exact) mass is 394 g/mol. The maximum atomic E-state index is 12.3. The van der Waals surface area contributed by atoms with Crippen LogP contribution in [0.2, 0.25) is 5.02 Å². The van der Waals surface area contributed by atoms with Gasteiger partial charge in [0, 0.05) is 29.0 Å². The summed E-state index contributed by atoms with van der Waals surface area (Å²) in [5.41, 5.74) is 2.71. The van der Waals surface area contributed by atoms with Crippen LogP contribution in [0.5, 0.6) is 0 Å². The van der Waals surface area contributed by atoms with Gasteiger partial charge in [-0.15, -0.1) is 0 Å². The first-order chi connectivity index (χ1) is 13.5. The number of hydrogen-bond donors (Lipinski definition) is 2. The van der Waals surface area contributed by atoms with E-state index in [1.165, 1.54) is 13.1 Å². The number of halogens is 1. The highest BCUT2D eigenvalue weighted by Gasteiger charge is 2.09. The molecule has 0 aliphatic rings. The lowest BCUT2D eigenvalue weighted by molar-refractivity contribution is 0.0948. The fourth-order valence-electron chi connectivity index (χ4n) is 2.52. The Morgan fingerprint density at radius 3 is 2.39 bits per heavy atom. The molecular formula is C21H19ClN4O2. The van der Waals surface area contributed by atoms with Gasteiger partial charge in [0.05, 0.1) is 0 Å². The number of carbonyl (C=O) groups is 2. The molecule has 0 saturated heterocycles. The summed E-state index contributed by atoms with van der Waals surface area (Å²) in [7, 11) is 0. The Kier molecular flexibility index (Phi) is 6.34. The van der Waals surface area contributed by atoms with Crippen LogP contribution < -0.4 is 10.6 Å². The second kappa shape index (κ2) is 9.10. The Bertz CT molecular complexity index is 972. The lowest BCUT2D eigenvalue weighted by atomic mass is 10.1. The van der Waals surface area contributed by atoms with Gasteiger partial charge in [-0.25, -0.2) is 9.97 Å². The molecule has 6 nitrogen and oxygen atoms in total. The zero-order valence-corrected chi connectivity index (χ0v) is 16.0. The highest BCUT2D eigenvalue weighted by molar-refractivity contribution is 6.30. The molecule has 0 saturated carbocycles. The van der Waals surface area contributed by atoms with E-state index in [1.54, 1.807) is 30.3 Å². The summed E-state index contributed by atoms with van der Waals surface area (Å²) in [5, 5.41) is 6.56. The van der Waals surface area contributed by atoms with Crippen LogP contribution in [0.15, 0.2) is 60.8 Å². The van der Waals surface area contributed by atoms with Gasteiger partial charge in [-0.3, -0.25) is 9.59 Å². The summed E-state index contributed by atoms with van der Waals surface area (Å²) in [6, 6.07) is 16.0. The van der Waals surface area contributed by atoms with Gasteiger partial charge in [-0.05, 0) is 61.4 Å². The first kappa shape index (κ1) is 19.5. The number of rotatable bonds is 7. The second-order valence-corrected chi connectivity index (χ2v) is 6.59. The third-order valence-electron chi connectivity index (χ3n) is 4.05. The molecule has 3 rings (SSSR count). The molecule has 0 radical (unpaired) electrons. The number of nitrogens with one attached hydrogen (secondary N) is 2. The van der Waals surface area contributed by atoms with Crippen molar-refractivity contribution in [3.8, 4) is 0 Å². The minimum absolute atomic E-state index is 0.0000636. The molecule has 3 aromatic rings. The largest absolute Gasteiger partial charge is 0.350 e. The smallest absolute Gasteiger partial charge is 0.270 e. The topological polar surface area (TPSA) is 84.0 Å². The van der Waals surface area contributed by atoms with Crippen LogP contribution in [-0.4, -0.2) is 28.2 Å². The van der Waals surface area contributed by atoms with E-state index in [2.05, 4.69) is 20.6 Å². The van der Waals surface area contributed by atoms with Crippen molar-refractivity contribution in [2.45, 2.75) is 13.3 Å². The number of carbonyl (C=O) groups excluding carboxylic acids is 2. The molecule has 142 valence electrons. The highest BCUT2D eigenvalue weighted by Crippen LogP contribution is 2.14. The van der Waals surface area contributed by atoms with Gasteiger partial charge in [0.25, 0.3) is 5.91 Å². The number of ketones is 1. The number of hydrogen-bond acceptors (Lipinski definition) is 5. The van der Waals surface area contributed by atoms with Crippen LogP contribution in [-0.2, 0) is 6.42 Å². The van der Waals surface area contributed by atoms with E-state index in [4.69, 9.17) is 11.6 Å². The van der Waals surface area contributed by atoms with E-state index >= 15 is 0 Å². The summed E-state index contributed by atoms with van der Waals surface area (Å²) in [6.45, 7) is 2.00.